The average Bonchev–Trinajstić information content (AvgIpc) is 2.17. The van der Waals surface area contributed by atoms with Crippen molar-refractivity contribution in [2.45, 2.75) is 46.6 Å². The Morgan fingerprint density at radius 1 is 1.33 bits per heavy atom. The van der Waals surface area contributed by atoms with E-state index in [1.165, 1.54) is 0 Å². The molecular weight excluding hydrogens is 188 g/mol. The summed E-state index contributed by atoms with van der Waals surface area (Å²) in [6.45, 7) is 11.0. The van der Waals surface area contributed by atoms with Crippen molar-refractivity contribution in [2.75, 3.05) is 19.6 Å². The Kier molecular flexibility index (Phi) is 4.14. The van der Waals surface area contributed by atoms with E-state index in [0.717, 1.165) is 32.5 Å². The van der Waals surface area contributed by atoms with Gasteiger partial charge in [0.2, 0.25) is 5.91 Å². The second kappa shape index (κ2) is 4.97. The van der Waals surface area contributed by atoms with Crippen molar-refractivity contribution < 1.29 is 4.79 Å². The van der Waals surface area contributed by atoms with Gasteiger partial charge in [-0.15, -0.1) is 0 Å². The highest BCUT2D eigenvalue weighted by Crippen LogP contribution is 2.20. The van der Waals surface area contributed by atoms with Gasteiger partial charge in [0.05, 0.1) is 0 Å². The Hall–Kier alpha value is -0.570. The lowest BCUT2D eigenvalue weighted by Gasteiger charge is -2.35. The van der Waals surface area contributed by atoms with E-state index in [4.69, 9.17) is 0 Å². The van der Waals surface area contributed by atoms with Crippen LogP contribution in [0.25, 0.3) is 0 Å². The monoisotopic (exact) mass is 212 g/mol. The van der Waals surface area contributed by atoms with Gasteiger partial charge in [-0.25, -0.2) is 0 Å². The number of piperidine rings is 1. The Morgan fingerprint density at radius 3 is 2.27 bits per heavy atom. The summed E-state index contributed by atoms with van der Waals surface area (Å²) >= 11 is 0. The summed E-state index contributed by atoms with van der Waals surface area (Å²) in [6.07, 6.45) is 2.19. The van der Waals surface area contributed by atoms with Crippen LogP contribution in [0, 0.1) is 5.41 Å². The third-order valence-corrected chi connectivity index (χ3v) is 2.92. The maximum absolute atomic E-state index is 12.0. The van der Waals surface area contributed by atoms with Crippen molar-refractivity contribution >= 4 is 5.91 Å². The third-order valence-electron chi connectivity index (χ3n) is 2.92. The van der Waals surface area contributed by atoms with Crippen molar-refractivity contribution in [1.29, 1.82) is 0 Å². The van der Waals surface area contributed by atoms with Gasteiger partial charge in [-0.1, -0.05) is 27.7 Å². The molecule has 88 valence electrons. The van der Waals surface area contributed by atoms with Gasteiger partial charge >= 0.3 is 0 Å². The minimum Gasteiger partial charge on any atom is -0.342 e. The molecule has 0 unspecified atom stereocenters. The first-order valence-electron chi connectivity index (χ1n) is 5.98. The van der Waals surface area contributed by atoms with Gasteiger partial charge in [-0.05, 0) is 19.4 Å². The molecule has 1 rings (SSSR count). The Bertz CT molecular complexity index is 212. The van der Waals surface area contributed by atoms with E-state index in [9.17, 15) is 4.79 Å². The molecule has 0 radical (unpaired) electrons. The van der Waals surface area contributed by atoms with Gasteiger partial charge in [0.25, 0.3) is 0 Å². The number of hydrogen-bond acceptors (Lipinski definition) is 2. The van der Waals surface area contributed by atoms with Gasteiger partial charge in [0.1, 0.15) is 0 Å². The quantitative estimate of drug-likeness (QED) is 0.754. The Labute approximate surface area is 93.2 Å². The minimum atomic E-state index is -0.231. The summed E-state index contributed by atoms with van der Waals surface area (Å²) in [7, 11) is 0. The van der Waals surface area contributed by atoms with E-state index >= 15 is 0 Å². The summed E-state index contributed by atoms with van der Waals surface area (Å²) in [4.78, 5) is 14.0. The first kappa shape index (κ1) is 12.5. The van der Waals surface area contributed by atoms with Gasteiger partial charge < -0.3 is 10.2 Å². The highest BCUT2D eigenvalue weighted by atomic mass is 16.2. The normalized spacial score (nSPS) is 19.3. The van der Waals surface area contributed by atoms with E-state index in [2.05, 4.69) is 12.2 Å². The van der Waals surface area contributed by atoms with Crippen LogP contribution in [0.1, 0.15) is 40.5 Å². The molecule has 3 heteroatoms. The molecule has 1 saturated heterocycles. The fraction of sp³-hybridized carbons (Fsp3) is 0.917. The number of hydrogen-bond donors (Lipinski definition) is 1. The van der Waals surface area contributed by atoms with Gasteiger partial charge in [0.15, 0.2) is 0 Å². The number of rotatable bonds is 2. The van der Waals surface area contributed by atoms with E-state index in [1.807, 2.05) is 25.7 Å². The largest absolute Gasteiger partial charge is 0.342 e. The third kappa shape index (κ3) is 3.49. The van der Waals surface area contributed by atoms with Gasteiger partial charge in [0, 0.05) is 24.5 Å². The van der Waals surface area contributed by atoms with Crippen molar-refractivity contribution in [3.8, 4) is 0 Å². The highest BCUT2D eigenvalue weighted by molar-refractivity contribution is 5.81. The molecule has 0 aromatic heterocycles. The predicted molar refractivity (Wildman–Crippen MR) is 62.7 cm³/mol. The van der Waals surface area contributed by atoms with Crippen LogP contribution in [0.5, 0.6) is 0 Å². The number of nitrogens with zero attached hydrogens (tertiary/aromatic N) is 1. The number of carbonyl (C=O) groups is 1. The Balaban J connectivity index is 2.41. The first-order valence-corrected chi connectivity index (χ1v) is 5.98. The topological polar surface area (TPSA) is 32.3 Å². The SMILES string of the molecule is CCNC1CCN(C(=O)C(C)(C)C)CC1. The minimum absolute atomic E-state index is 0.231. The molecule has 0 atom stereocenters. The van der Waals surface area contributed by atoms with Crippen molar-refractivity contribution in [2.24, 2.45) is 5.41 Å². The zero-order valence-corrected chi connectivity index (χ0v) is 10.5. The molecular formula is C12H24N2O. The molecule has 0 spiro atoms. The first-order chi connectivity index (χ1) is 6.95. The lowest BCUT2D eigenvalue weighted by Crippen LogP contribution is -2.48. The maximum atomic E-state index is 12.0. The number of nitrogens with one attached hydrogen (secondary N) is 1. The summed E-state index contributed by atoms with van der Waals surface area (Å²) < 4.78 is 0. The second-order valence-electron chi connectivity index (χ2n) is 5.37. The van der Waals surface area contributed by atoms with Gasteiger partial charge in [-0.2, -0.15) is 0 Å². The van der Waals surface area contributed by atoms with E-state index in [-0.39, 0.29) is 11.3 Å². The standard InChI is InChI=1S/C12H24N2O/c1-5-13-10-6-8-14(9-7-10)11(15)12(2,3)4/h10,13H,5-9H2,1-4H3. The van der Waals surface area contributed by atoms with Crippen LogP contribution < -0.4 is 5.32 Å². The molecule has 1 heterocycles. The van der Waals surface area contributed by atoms with Gasteiger partial charge in [-0.3, -0.25) is 4.79 Å². The molecule has 1 aliphatic heterocycles. The lowest BCUT2D eigenvalue weighted by atomic mass is 9.93. The highest BCUT2D eigenvalue weighted by Gasteiger charge is 2.29. The fourth-order valence-corrected chi connectivity index (χ4v) is 2.05. The van der Waals surface area contributed by atoms with E-state index in [0.29, 0.717) is 6.04 Å². The molecule has 0 aromatic rings. The van der Waals surface area contributed by atoms with Crippen LogP contribution in [-0.4, -0.2) is 36.5 Å². The van der Waals surface area contributed by atoms with Crippen molar-refractivity contribution in [3.05, 3.63) is 0 Å². The molecule has 0 bridgehead atoms. The average molecular weight is 212 g/mol. The molecule has 0 saturated carbocycles. The molecule has 15 heavy (non-hydrogen) atoms. The van der Waals surface area contributed by atoms with Crippen LogP contribution in [0.3, 0.4) is 0 Å². The summed E-state index contributed by atoms with van der Waals surface area (Å²) in [5, 5.41) is 3.44. The summed E-state index contributed by atoms with van der Waals surface area (Å²) in [5.74, 6) is 0.289. The van der Waals surface area contributed by atoms with Crippen molar-refractivity contribution in [1.82, 2.24) is 10.2 Å². The van der Waals surface area contributed by atoms with Crippen LogP contribution >= 0.6 is 0 Å². The molecule has 0 aliphatic carbocycles. The van der Waals surface area contributed by atoms with Crippen LogP contribution in [0.2, 0.25) is 0 Å². The smallest absolute Gasteiger partial charge is 0.227 e. The van der Waals surface area contributed by atoms with Crippen LogP contribution in [-0.2, 0) is 4.79 Å². The zero-order valence-electron chi connectivity index (χ0n) is 10.5. The van der Waals surface area contributed by atoms with E-state index in [1.54, 1.807) is 0 Å². The molecule has 1 N–H and O–H groups in total. The maximum Gasteiger partial charge on any atom is 0.227 e. The molecule has 0 aromatic carbocycles. The number of amides is 1. The second-order valence-corrected chi connectivity index (χ2v) is 5.37. The number of likely N-dealkylation sites (tertiary alicyclic amines) is 1. The lowest BCUT2D eigenvalue weighted by molar-refractivity contribution is -0.140. The predicted octanol–water partition coefficient (Wildman–Crippen LogP) is 1.63. The van der Waals surface area contributed by atoms with E-state index < -0.39 is 0 Å². The Morgan fingerprint density at radius 2 is 1.87 bits per heavy atom. The van der Waals surface area contributed by atoms with Crippen molar-refractivity contribution in [3.63, 3.8) is 0 Å². The molecule has 1 fully saturated rings. The zero-order chi connectivity index (χ0) is 11.5. The summed E-state index contributed by atoms with van der Waals surface area (Å²) in [6, 6.07) is 0.610. The molecule has 3 nitrogen and oxygen atoms in total. The fourth-order valence-electron chi connectivity index (χ4n) is 2.05. The summed E-state index contributed by atoms with van der Waals surface area (Å²) in [5.41, 5.74) is -0.231. The molecule has 1 amide bonds. The van der Waals surface area contributed by atoms with Crippen LogP contribution in [0.15, 0.2) is 0 Å². The van der Waals surface area contributed by atoms with Crippen LogP contribution in [0.4, 0.5) is 0 Å². The molecule has 1 aliphatic rings. The number of carbonyl (C=O) groups excluding carboxylic acids is 1.